The van der Waals surface area contributed by atoms with Crippen molar-refractivity contribution in [2.45, 2.75) is 26.5 Å². The standard InChI is InChI=1S/C22H26FN5O3/c1-12-20(18(11-25-3)28(4)27-12)14-8-19(21(24)26-10-14)31-13(2)16-7-6-15(23)9-17(16)22(29)30-5/h6-10,13,25H,11H2,1-5H3,(H2,24,26). The second-order valence-electron chi connectivity index (χ2n) is 7.15. The summed E-state index contributed by atoms with van der Waals surface area (Å²) in [6.45, 7) is 4.30. The molecular formula is C22H26FN5O3. The summed E-state index contributed by atoms with van der Waals surface area (Å²) in [5.74, 6) is -0.631. The van der Waals surface area contributed by atoms with Crippen LogP contribution in [0.25, 0.3) is 11.1 Å². The number of pyridine rings is 1. The molecule has 0 spiro atoms. The van der Waals surface area contributed by atoms with Crippen LogP contribution >= 0.6 is 0 Å². The molecule has 0 amide bonds. The van der Waals surface area contributed by atoms with Crippen LogP contribution < -0.4 is 15.8 Å². The first-order valence-electron chi connectivity index (χ1n) is 9.74. The first-order chi connectivity index (χ1) is 14.8. The number of carbonyl (C=O) groups excluding carboxylic acids is 1. The van der Waals surface area contributed by atoms with Gasteiger partial charge < -0.3 is 20.5 Å². The lowest BCUT2D eigenvalue weighted by Crippen LogP contribution is -2.13. The maximum Gasteiger partial charge on any atom is 0.338 e. The highest BCUT2D eigenvalue weighted by Crippen LogP contribution is 2.34. The molecule has 2 aromatic heterocycles. The average Bonchev–Trinajstić information content (AvgIpc) is 3.02. The van der Waals surface area contributed by atoms with E-state index in [1.54, 1.807) is 19.2 Å². The minimum Gasteiger partial charge on any atom is -0.482 e. The number of ether oxygens (including phenoxy) is 2. The van der Waals surface area contributed by atoms with Crippen LogP contribution in [0.15, 0.2) is 30.5 Å². The minimum atomic E-state index is -0.646. The summed E-state index contributed by atoms with van der Waals surface area (Å²) in [7, 11) is 4.99. The number of nitrogen functional groups attached to an aromatic ring is 1. The van der Waals surface area contributed by atoms with Gasteiger partial charge in [-0.15, -0.1) is 0 Å². The lowest BCUT2D eigenvalue weighted by molar-refractivity contribution is 0.0595. The van der Waals surface area contributed by atoms with E-state index in [9.17, 15) is 9.18 Å². The molecule has 0 saturated carbocycles. The van der Waals surface area contributed by atoms with Gasteiger partial charge in [-0.05, 0) is 39.1 Å². The molecule has 0 aliphatic carbocycles. The molecule has 1 atom stereocenters. The summed E-state index contributed by atoms with van der Waals surface area (Å²) in [5.41, 5.74) is 10.2. The van der Waals surface area contributed by atoms with E-state index < -0.39 is 17.9 Å². The van der Waals surface area contributed by atoms with Crippen molar-refractivity contribution in [1.82, 2.24) is 20.1 Å². The number of rotatable bonds is 7. The first kappa shape index (κ1) is 22.2. The fraction of sp³-hybridized carbons (Fsp3) is 0.318. The number of carbonyl (C=O) groups is 1. The summed E-state index contributed by atoms with van der Waals surface area (Å²) < 4.78 is 26.3. The SMILES string of the molecule is CNCc1c(-c2cnc(N)c(OC(C)c3ccc(F)cc3C(=O)OC)c2)c(C)nn1C. The van der Waals surface area contributed by atoms with Crippen molar-refractivity contribution in [2.24, 2.45) is 7.05 Å². The molecule has 3 aromatic rings. The third kappa shape index (κ3) is 4.51. The van der Waals surface area contributed by atoms with Gasteiger partial charge in [0.05, 0.1) is 24.1 Å². The molecule has 164 valence electrons. The highest BCUT2D eigenvalue weighted by molar-refractivity contribution is 5.91. The molecule has 0 saturated heterocycles. The molecule has 2 heterocycles. The number of aromatic nitrogens is 3. The molecule has 0 bridgehead atoms. The van der Waals surface area contributed by atoms with E-state index in [-0.39, 0.29) is 11.4 Å². The zero-order chi connectivity index (χ0) is 22.7. The lowest BCUT2D eigenvalue weighted by atomic mass is 10.0. The normalized spacial score (nSPS) is 11.9. The first-order valence-corrected chi connectivity index (χ1v) is 9.74. The Labute approximate surface area is 180 Å². The van der Waals surface area contributed by atoms with E-state index in [0.717, 1.165) is 28.6 Å². The number of nitrogens with one attached hydrogen (secondary N) is 1. The fourth-order valence-corrected chi connectivity index (χ4v) is 3.56. The van der Waals surface area contributed by atoms with Crippen LogP contribution in [0, 0.1) is 12.7 Å². The van der Waals surface area contributed by atoms with Crippen molar-refractivity contribution in [3.05, 3.63) is 58.8 Å². The zero-order valence-electron chi connectivity index (χ0n) is 18.2. The van der Waals surface area contributed by atoms with E-state index >= 15 is 0 Å². The molecule has 9 heteroatoms. The number of hydrogen-bond acceptors (Lipinski definition) is 7. The molecule has 1 unspecified atom stereocenters. The second kappa shape index (κ2) is 9.13. The third-order valence-electron chi connectivity index (χ3n) is 5.02. The Morgan fingerprint density at radius 1 is 1.35 bits per heavy atom. The van der Waals surface area contributed by atoms with Crippen LogP contribution in [0.2, 0.25) is 0 Å². The van der Waals surface area contributed by atoms with Crippen LogP contribution in [0.5, 0.6) is 5.75 Å². The largest absolute Gasteiger partial charge is 0.482 e. The van der Waals surface area contributed by atoms with Crippen LogP contribution in [0.3, 0.4) is 0 Å². The van der Waals surface area contributed by atoms with Gasteiger partial charge in [0.15, 0.2) is 11.6 Å². The van der Waals surface area contributed by atoms with Gasteiger partial charge in [-0.3, -0.25) is 4.68 Å². The predicted molar refractivity (Wildman–Crippen MR) is 115 cm³/mol. The number of nitrogens with zero attached hydrogens (tertiary/aromatic N) is 3. The number of nitrogens with two attached hydrogens (primary N) is 1. The molecule has 0 aliphatic heterocycles. The van der Waals surface area contributed by atoms with Crippen molar-refractivity contribution in [1.29, 1.82) is 0 Å². The number of halogens is 1. The van der Waals surface area contributed by atoms with E-state index in [2.05, 4.69) is 15.4 Å². The van der Waals surface area contributed by atoms with Crippen molar-refractivity contribution >= 4 is 11.8 Å². The Morgan fingerprint density at radius 2 is 2.10 bits per heavy atom. The Morgan fingerprint density at radius 3 is 2.77 bits per heavy atom. The second-order valence-corrected chi connectivity index (χ2v) is 7.15. The maximum absolute atomic E-state index is 13.7. The highest BCUT2D eigenvalue weighted by Gasteiger charge is 2.21. The highest BCUT2D eigenvalue weighted by atomic mass is 19.1. The van der Waals surface area contributed by atoms with Gasteiger partial charge in [0, 0.05) is 36.5 Å². The quantitative estimate of drug-likeness (QED) is 0.558. The zero-order valence-corrected chi connectivity index (χ0v) is 18.2. The average molecular weight is 427 g/mol. The lowest BCUT2D eigenvalue weighted by Gasteiger charge is -2.19. The molecule has 8 nitrogen and oxygen atoms in total. The summed E-state index contributed by atoms with van der Waals surface area (Å²) >= 11 is 0. The van der Waals surface area contributed by atoms with Crippen LogP contribution in [0.4, 0.5) is 10.2 Å². The predicted octanol–water partition coefficient (Wildman–Crippen LogP) is 3.16. The molecule has 0 aliphatic rings. The molecule has 0 fully saturated rings. The van der Waals surface area contributed by atoms with Gasteiger partial charge >= 0.3 is 5.97 Å². The number of aryl methyl sites for hydroxylation is 2. The molecule has 1 aromatic carbocycles. The Hall–Kier alpha value is -3.46. The van der Waals surface area contributed by atoms with Crippen LogP contribution in [-0.4, -0.2) is 34.9 Å². The molecule has 3 rings (SSSR count). The van der Waals surface area contributed by atoms with Gasteiger partial charge in [0.25, 0.3) is 0 Å². The molecule has 31 heavy (non-hydrogen) atoms. The van der Waals surface area contributed by atoms with E-state index in [4.69, 9.17) is 15.2 Å². The number of methoxy groups -OCH3 is 1. The van der Waals surface area contributed by atoms with E-state index in [0.29, 0.717) is 17.9 Å². The van der Waals surface area contributed by atoms with Crippen LogP contribution in [-0.2, 0) is 18.3 Å². The van der Waals surface area contributed by atoms with Crippen LogP contribution in [0.1, 0.15) is 40.3 Å². The van der Waals surface area contributed by atoms with Gasteiger partial charge in [-0.2, -0.15) is 5.10 Å². The molecular weight excluding hydrogens is 401 g/mol. The van der Waals surface area contributed by atoms with Gasteiger partial charge in [0.2, 0.25) is 0 Å². The van der Waals surface area contributed by atoms with Crippen molar-refractivity contribution in [2.75, 3.05) is 19.9 Å². The monoisotopic (exact) mass is 427 g/mol. The summed E-state index contributed by atoms with van der Waals surface area (Å²) in [6, 6.07) is 5.68. The Bertz CT molecular complexity index is 1110. The van der Waals surface area contributed by atoms with E-state index in [1.165, 1.54) is 19.2 Å². The number of benzene rings is 1. The number of anilines is 1. The van der Waals surface area contributed by atoms with Crippen molar-refractivity contribution < 1.29 is 18.7 Å². The summed E-state index contributed by atoms with van der Waals surface area (Å²) in [4.78, 5) is 16.4. The fourth-order valence-electron chi connectivity index (χ4n) is 3.56. The van der Waals surface area contributed by atoms with Gasteiger partial charge in [-0.1, -0.05) is 6.07 Å². The van der Waals surface area contributed by atoms with E-state index in [1.807, 2.05) is 25.7 Å². The Kier molecular flexibility index (Phi) is 6.55. The smallest absolute Gasteiger partial charge is 0.338 e. The minimum absolute atomic E-state index is 0.0945. The van der Waals surface area contributed by atoms with Gasteiger partial charge in [0.1, 0.15) is 11.9 Å². The van der Waals surface area contributed by atoms with Crippen molar-refractivity contribution in [3.63, 3.8) is 0 Å². The summed E-state index contributed by atoms with van der Waals surface area (Å²) in [5, 5.41) is 7.65. The van der Waals surface area contributed by atoms with Gasteiger partial charge in [-0.25, -0.2) is 14.2 Å². The summed E-state index contributed by atoms with van der Waals surface area (Å²) in [6.07, 6.45) is 1.06. The third-order valence-corrected chi connectivity index (χ3v) is 5.02. The number of hydrogen-bond donors (Lipinski definition) is 2. The Balaban J connectivity index is 1.99. The number of esters is 1. The molecule has 3 N–H and O–H groups in total. The topological polar surface area (TPSA) is 104 Å². The van der Waals surface area contributed by atoms with Crippen molar-refractivity contribution in [3.8, 4) is 16.9 Å². The maximum atomic E-state index is 13.7. The molecule has 0 radical (unpaired) electrons.